The summed E-state index contributed by atoms with van der Waals surface area (Å²) in [6, 6.07) is 0. The molecule has 1 N–H and O–H groups in total. The van der Waals surface area contributed by atoms with Crippen LogP contribution >= 0.6 is 0 Å². The molecule has 0 heterocycles. The van der Waals surface area contributed by atoms with E-state index in [4.69, 9.17) is 9.84 Å². The Labute approximate surface area is 142 Å². The standard InChI is InChI=1S/C20H36O3/c1-2-3-4-5-6-7-8-9-10-11-12-13-14-17-20(22)23-19-16-15-18-21/h4-5,7-8,21H,2-3,6,9-19H2,1H3. The van der Waals surface area contributed by atoms with Gasteiger partial charge in [-0.05, 0) is 44.9 Å². The van der Waals surface area contributed by atoms with Crippen molar-refractivity contribution < 1.29 is 14.6 Å². The van der Waals surface area contributed by atoms with E-state index in [0.717, 1.165) is 32.1 Å². The first-order valence-corrected chi connectivity index (χ1v) is 9.37. The molecule has 0 aliphatic heterocycles. The molecule has 0 spiro atoms. The summed E-state index contributed by atoms with van der Waals surface area (Å²) in [5, 5.41) is 8.62. The maximum Gasteiger partial charge on any atom is 0.305 e. The molecule has 0 aliphatic carbocycles. The molecule has 0 radical (unpaired) electrons. The van der Waals surface area contributed by atoms with Crippen LogP contribution in [-0.4, -0.2) is 24.3 Å². The van der Waals surface area contributed by atoms with Crippen molar-refractivity contribution in [2.24, 2.45) is 0 Å². The van der Waals surface area contributed by atoms with E-state index < -0.39 is 0 Å². The molecule has 0 atom stereocenters. The number of allylic oxidation sites excluding steroid dienone is 4. The van der Waals surface area contributed by atoms with E-state index in [1.54, 1.807) is 0 Å². The highest BCUT2D eigenvalue weighted by Gasteiger charge is 2.01. The van der Waals surface area contributed by atoms with Gasteiger partial charge in [0.2, 0.25) is 0 Å². The zero-order valence-electron chi connectivity index (χ0n) is 15.0. The van der Waals surface area contributed by atoms with Crippen LogP contribution in [-0.2, 0) is 9.53 Å². The smallest absolute Gasteiger partial charge is 0.305 e. The van der Waals surface area contributed by atoms with Crippen LogP contribution in [0.25, 0.3) is 0 Å². The predicted octanol–water partition coefficient (Wildman–Crippen LogP) is 5.34. The van der Waals surface area contributed by atoms with Crippen molar-refractivity contribution in [1.82, 2.24) is 0 Å². The second kappa shape index (κ2) is 19.0. The molecule has 0 rings (SSSR count). The van der Waals surface area contributed by atoms with Crippen molar-refractivity contribution in [2.75, 3.05) is 13.2 Å². The fourth-order valence-corrected chi connectivity index (χ4v) is 2.21. The molecule has 0 saturated heterocycles. The molecule has 0 amide bonds. The summed E-state index contributed by atoms with van der Waals surface area (Å²) in [7, 11) is 0. The van der Waals surface area contributed by atoms with Crippen LogP contribution in [0.5, 0.6) is 0 Å². The van der Waals surface area contributed by atoms with Gasteiger partial charge in [0.1, 0.15) is 0 Å². The summed E-state index contributed by atoms with van der Waals surface area (Å²) in [5.41, 5.74) is 0. The second-order valence-electron chi connectivity index (χ2n) is 5.92. The van der Waals surface area contributed by atoms with Crippen molar-refractivity contribution in [3.05, 3.63) is 24.3 Å². The maximum absolute atomic E-state index is 11.4. The molecule has 0 unspecified atom stereocenters. The molecule has 3 heteroatoms. The molecular weight excluding hydrogens is 288 g/mol. The fraction of sp³-hybridized carbons (Fsp3) is 0.750. The van der Waals surface area contributed by atoms with Crippen LogP contribution in [0.4, 0.5) is 0 Å². The number of unbranched alkanes of at least 4 members (excludes halogenated alkanes) is 7. The number of hydrogen-bond donors (Lipinski definition) is 1. The fourth-order valence-electron chi connectivity index (χ4n) is 2.21. The third kappa shape index (κ3) is 18.9. The third-order valence-electron chi connectivity index (χ3n) is 3.63. The number of rotatable bonds is 16. The monoisotopic (exact) mass is 324 g/mol. The number of hydrogen-bond acceptors (Lipinski definition) is 3. The number of aliphatic hydroxyl groups excluding tert-OH is 1. The Hall–Kier alpha value is -1.09. The Kier molecular flexibility index (Phi) is 18.1. The Morgan fingerprint density at radius 1 is 0.870 bits per heavy atom. The van der Waals surface area contributed by atoms with Crippen molar-refractivity contribution in [3.63, 3.8) is 0 Å². The average molecular weight is 325 g/mol. The van der Waals surface area contributed by atoms with E-state index >= 15 is 0 Å². The average Bonchev–Trinajstić information content (AvgIpc) is 2.56. The van der Waals surface area contributed by atoms with Crippen LogP contribution in [0.1, 0.15) is 84.0 Å². The molecule has 0 saturated carbocycles. The minimum Gasteiger partial charge on any atom is -0.466 e. The predicted molar refractivity (Wildman–Crippen MR) is 97.4 cm³/mol. The first kappa shape index (κ1) is 21.9. The van der Waals surface area contributed by atoms with E-state index in [9.17, 15) is 4.79 Å². The third-order valence-corrected chi connectivity index (χ3v) is 3.63. The number of ether oxygens (including phenoxy) is 1. The Bertz CT molecular complexity index is 308. The lowest BCUT2D eigenvalue weighted by Crippen LogP contribution is -2.06. The van der Waals surface area contributed by atoms with Gasteiger partial charge in [0, 0.05) is 13.0 Å². The highest BCUT2D eigenvalue weighted by Crippen LogP contribution is 2.08. The largest absolute Gasteiger partial charge is 0.466 e. The summed E-state index contributed by atoms with van der Waals surface area (Å²) in [6.07, 6.45) is 21.3. The second-order valence-corrected chi connectivity index (χ2v) is 5.92. The van der Waals surface area contributed by atoms with E-state index in [0.29, 0.717) is 19.4 Å². The molecule has 0 aromatic rings. The van der Waals surface area contributed by atoms with E-state index in [1.807, 2.05) is 0 Å². The van der Waals surface area contributed by atoms with Gasteiger partial charge in [-0.25, -0.2) is 0 Å². The van der Waals surface area contributed by atoms with Gasteiger partial charge in [0.25, 0.3) is 0 Å². The molecule has 3 nitrogen and oxygen atoms in total. The Morgan fingerprint density at radius 3 is 2.30 bits per heavy atom. The molecular formula is C20H36O3. The van der Waals surface area contributed by atoms with Gasteiger partial charge in [-0.1, -0.05) is 56.9 Å². The van der Waals surface area contributed by atoms with Gasteiger partial charge >= 0.3 is 5.97 Å². The zero-order valence-corrected chi connectivity index (χ0v) is 15.0. The zero-order chi connectivity index (χ0) is 17.0. The molecule has 0 bridgehead atoms. The lowest BCUT2D eigenvalue weighted by Gasteiger charge is -2.04. The van der Waals surface area contributed by atoms with E-state index in [-0.39, 0.29) is 12.6 Å². The number of carbonyl (C=O) groups excluding carboxylic acids is 1. The number of carbonyl (C=O) groups is 1. The van der Waals surface area contributed by atoms with Gasteiger partial charge in [-0.15, -0.1) is 0 Å². The Morgan fingerprint density at radius 2 is 1.57 bits per heavy atom. The minimum atomic E-state index is -0.0954. The summed E-state index contributed by atoms with van der Waals surface area (Å²) in [4.78, 5) is 11.4. The summed E-state index contributed by atoms with van der Waals surface area (Å²) in [6.45, 7) is 2.81. The number of aliphatic hydroxyl groups is 1. The first-order chi connectivity index (χ1) is 11.3. The lowest BCUT2D eigenvalue weighted by molar-refractivity contribution is -0.143. The molecule has 23 heavy (non-hydrogen) atoms. The minimum absolute atomic E-state index is 0.0954. The molecule has 0 aromatic carbocycles. The molecule has 0 aliphatic rings. The maximum atomic E-state index is 11.4. The van der Waals surface area contributed by atoms with Gasteiger partial charge in [-0.3, -0.25) is 4.79 Å². The quantitative estimate of drug-likeness (QED) is 0.237. The highest BCUT2D eigenvalue weighted by molar-refractivity contribution is 5.69. The Balaban J connectivity index is 3.23. The lowest BCUT2D eigenvalue weighted by atomic mass is 10.1. The van der Waals surface area contributed by atoms with Gasteiger partial charge in [-0.2, -0.15) is 0 Å². The van der Waals surface area contributed by atoms with Gasteiger partial charge in [0.15, 0.2) is 0 Å². The van der Waals surface area contributed by atoms with Crippen LogP contribution < -0.4 is 0 Å². The van der Waals surface area contributed by atoms with Crippen molar-refractivity contribution in [1.29, 1.82) is 0 Å². The normalized spacial score (nSPS) is 11.6. The van der Waals surface area contributed by atoms with Crippen LogP contribution in [0, 0.1) is 0 Å². The van der Waals surface area contributed by atoms with Crippen molar-refractivity contribution >= 4 is 5.97 Å². The van der Waals surface area contributed by atoms with E-state index in [1.165, 1.54) is 32.1 Å². The van der Waals surface area contributed by atoms with Gasteiger partial charge < -0.3 is 9.84 Å². The summed E-state index contributed by atoms with van der Waals surface area (Å²) in [5.74, 6) is -0.0954. The SMILES string of the molecule is CCCC=CCC=CCCCCCCCC(=O)OCCCCO. The number of esters is 1. The first-order valence-electron chi connectivity index (χ1n) is 9.37. The van der Waals surface area contributed by atoms with Crippen molar-refractivity contribution in [2.45, 2.75) is 84.0 Å². The van der Waals surface area contributed by atoms with Crippen molar-refractivity contribution in [3.8, 4) is 0 Å². The van der Waals surface area contributed by atoms with Crippen LogP contribution in [0.3, 0.4) is 0 Å². The van der Waals surface area contributed by atoms with Crippen LogP contribution in [0.2, 0.25) is 0 Å². The van der Waals surface area contributed by atoms with Crippen LogP contribution in [0.15, 0.2) is 24.3 Å². The molecule has 0 fully saturated rings. The van der Waals surface area contributed by atoms with E-state index in [2.05, 4.69) is 31.2 Å². The summed E-state index contributed by atoms with van der Waals surface area (Å²) < 4.78 is 5.09. The summed E-state index contributed by atoms with van der Waals surface area (Å²) >= 11 is 0. The highest BCUT2D eigenvalue weighted by atomic mass is 16.5. The molecule has 0 aromatic heterocycles. The topological polar surface area (TPSA) is 46.5 Å². The molecule has 134 valence electrons. The van der Waals surface area contributed by atoms with Gasteiger partial charge in [0.05, 0.1) is 6.61 Å².